The number of carbonyl (C=O) groups excluding carboxylic acids is 2. The molecule has 0 bridgehead atoms. The number of carboxylic acid groups (broad SMARTS) is 1. The van der Waals surface area contributed by atoms with E-state index in [0.717, 1.165) is 29.9 Å². The van der Waals surface area contributed by atoms with Crippen LogP contribution in [0, 0.1) is 11.8 Å². The van der Waals surface area contributed by atoms with E-state index in [2.05, 4.69) is 14.4 Å². The monoisotopic (exact) mass is 665 g/mol. The number of carbonyl (C=O) groups is 3. The number of aliphatic imine (C=N–C) groups is 1. The van der Waals surface area contributed by atoms with Crippen molar-refractivity contribution in [3.8, 4) is 0 Å². The normalized spacial score (nSPS) is 21.5. The summed E-state index contributed by atoms with van der Waals surface area (Å²) >= 11 is 0. The number of sulfonamides is 2. The van der Waals surface area contributed by atoms with Crippen LogP contribution in [-0.2, 0) is 29.6 Å². The highest BCUT2D eigenvalue weighted by Gasteiger charge is 2.58. The molecule has 2 atom stereocenters. The largest absolute Gasteiger partial charge is 0.464 e. The van der Waals surface area contributed by atoms with Crippen LogP contribution in [0.4, 0.5) is 4.79 Å². The lowest BCUT2D eigenvalue weighted by atomic mass is 9.71. The SMILES string of the molecule is CS(=O)(=O)NCC[C@@]1(C(N)=O)[C@H](C2CC2)CCCN1N(C(=O)O)C(CN)=NC(=O)CCNS(=O)(=O)c1ccc2ccccc2c1. The molecule has 0 unspecified atom stereocenters. The van der Waals surface area contributed by atoms with Crippen LogP contribution >= 0.6 is 0 Å². The van der Waals surface area contributed by atoms with E-state index in [1.165, 1.54) is 17.1 Å². The van der Waals surface area contributed by atoms with Crippen LogP contribution in [0.5, 0.6) is 0 Å². The first-order valence-electron chi connectivity index (χ1n) is 14.5. The first-order valence-corrected chi connectivity index (χ1v) is 17.9. The Hall–Kier alpha value is -3.48. The van der Waals surface area contributed by atoms with Crippen molar-refractivity contribution in [2.75, 3.05) is 32.4 Å². The van der Waals surface area contributed by atoms with Crippen molar-refractivity contribution in [2.45, 2.75) is 49.0 Å². The predicted octanol–water partition coefficient (Wildman–Crippen LogP) is 0.572. The van der Waals surface area contributed by atoms with Gasteiger partial charge in [0.25, 0.3) is 0 Å². The van der Waals surface area contributed by atoms with E-state index in [9.17, 15) is 36.3 Å². The Morgan fingerprint density at radius 1 is 1.04 bits per heavy atom. The van der Waals surface area contributed by atoms with Gasteiger partial charge in [0.15, 0.2) is 0 Å². The Morgan fingerprint density at radius 2 is 1.73 bits per heavy atom. The molecule has 246 valence electrons. The molecule has 17 heteroatoms. The smallest absolute Gasteiger partial charge is 0.427 e. The Balaban J connectivity index is 1.55. The van der Waals surface area contributed by atoms with Gasteiger partial charge in [-0.1, -0.05) is 30.3 Å². The fourth-order valence-electron chi connectivity index (χ4n) is 6.11. The van der Waals surface area contributed by atoms with Gasteiger partial charge >= 0.3 is 6.09 Å². The summed E-state index contributed by atoms with van der Waals surface area (Å²) in [6, 6.07) is 11.9. The van der Waals surface area contributed by atoms with Crippen molar-refractivity contribution in [3.05, 3.63) is 42.5 Å². The number of benzene rings is 2. The highest BCUT2D eigenvalue weighted by Crippen LogP contribution is 2.50. The van der Waals surface area contributed by atoms with Gasteiger partial charge in [0, 0.05) is 26.1 Å². The van der Waals surface area contributed by atoms with Gasteiger partial charge in [0.2, 0.25) is 31.9 Å². The van der Waals surface area contributed by atoms with E-state index >= 15 is 0 Å². The quantitative estimate of drug-likeness (QED) is 0.147. The Kier molecular flexibility index (Phi) is 10.6. The van der Waals surface area contributed by atoms with Crippen molar-refractivity contribution in [2.24, 2.45) is 28.3 Å². The standard InChI is InChI=1S/C28H39N7O8S2/c1-44(40,41)31-15-13-28(26(30)37)23(20-8-9-20)7-4-16-34(28)35(27(38)39)24(18-29)33-25(36)12-14-32-45(42,43)22-11-10-19-5-2-3-6-21(19)17-22/h2-3,5-6,10-11,17,20,23,31-32H,4,7-9,12-16,18,29H2,1H3,(H2,30,37)(H,38,39)/t23-,28-/m0/s1. The molecule has 2 aromatic rings. The number of amidine groups is 1. The zero-order valence-corrected chi connectivity index (χ0v) is 26.5. The highest BCUT2D eigenvalue weighted by atomic mass is 32.2. The number of hydrazine groups is 1. The molecular formula is C28H39N7O8S2. The summed E-state index contributed by atoms with van der Waals surface area (Å²) in [6.45, 7) is -0.962. The summed E-state index contributed by atoms with van der Waals surface area (Å²) in [5.41, 5.74) is 10.3. The molecule has 1 heterocycles. The number of primary amides is 1. The first-order chi connectivity index (χ1) is 21.2. The molecule has 1 saturated carbocycles. The van der Waals surface area contributed by atoms with Crippen molar-refractivity contribution < 1.29 is 36.3 Å². The van der Waals surface area contributed by atoms with Crippen LogP contribution in [0.2, 0.25) is 0 Å². The second-order valence-electron chi connectivity index (χ2n) is 11.3. The minimum Gasteiger partial charge on any atom is -0.464 e. The van der Waals surface area contributed by atoms with Gasteiger partial charge in [-0.05, 0) is 66.8 Å². The van der Waals surface area contributed by atoms with Crippen LogP contribution in [0.25, 0.3) is 10.8 Å². The fraction of sp³-hybridized carbons (Fsp3) is 0.500. The molecule has 15 nitrogen and oxygen atoms in total. The van der Waals surface area contributed by atoms with E-state index in [1.807, 2.05) is 12.1 Å². The number of nitrogens with one attached hydrogen (secondary N) is 2. The number of nitrogens with two attached hydrogens (primary N) is 2. The average Bonchev–Trinajstić information content (AvgIpc) is 3.81. The highest BCUT2D eigenvalue weighted by molar-refractivity contribution is 7.89. The molecular weight excluding hydrogens is 626 g/mol. The number of hydrogen-bond acceptors (Lipinski definition) is 9. The third kappa shape index (κ3) is 8.03. The first kappa shape index (κ1) is 34.4. The summed E-state index contributed by atoms with van der Waals surface area (Å²) in [5.74, 6) is -2.34. The summed E-state index contributed by atoms with van der Waals surface area (Å²) in [6.07, 6.45) is 1.57. The summed E-state index contributed by atoms with van der Waals surface area (Å²) in [7, 11) is -7.59. The molecule has 1 aliphatic carbocycles. The molecule has 1 aliphatic heterocycles. The van der Waals surface area contributed by atoms with E-state index in [4.69, 9.17) is 11.5 Å². The molecule has 0 radical (unpaired) electrons. The molecule has 1 saturated heterocycles. The molecule has 2 aliphatic rings. The van der Waals surface area contributed by atoms with E-state index in [1.54, 1.807) is 18.2 Å². The van der Waals surface area contributed by atoms with Crippen LogP contribution in [-0.4, -0.2) is 93.7 Å². The minimum atomic E-state index is -3.97. The van der Waals surface area contributed by atoms with Crippen molar-refractivity contribution >= 4 is 54.6 Å². The topological polar surface area (TPSA) is 235 Å². The summed E-state index contributed by atoms with van der Waals surface area (Å²) in [5, 5.41) is 13.8. The number of hydrogen-bond donors (Lipinski definition) is 5. The maximum absolute atomic E-state index is 13.3. The summed E-state index contributed by atoms with van der Waals surface area (Å²) < 4.78 is 54.0. The minimum absolute atomic E-state index is 0.0142. The molecule has 0 spiro atoms. The van der Waals surface area contributed by atoms with Gasteiger partial charge in [-0.25, -0.2) is 31.1 Å². The third-order valence-electron chi connectivity index (χ3n) is 8.21. The second-order valence-corrected chi connectivity index (χ2v) is 14.9. The number of fused-ring (bicyclic) bond motifs is 1. The van der Waals surface area contributed by atoms with Crippen LogP contribution in [0.3, 0.4) is 0 Å². The number of rotatable bonds is 13. The molecule has 2 fully saturated rings. The van der Waals surface area contributed by atoms with Gasteiger partial charge in [-0.2, -0.15) is 15.0 Å². The van der Waals surface area contributed by atoms with Gasteiger partial charge < -0.3 is 16.6 Å². The zero-order valence-electron chi connectivity index (χ0n) is 24.9. The van der Waals surface area contributed by atoms with Crippen molar-refractivity contribution in [1.29, 1.82) is 0 Å². The van der Waals surface area contributed by atoms with Crippen molar-refractivity contribution in [3.63, 3.8) is 0 Å². The second kappa shape index (κ2) is 13.9. The molecule has 45 heavy (non-hydrogen) atoms. The average molecular weight is 666 g/mol. The number of piperidine rings is 1. The van der Waals surface area contributed by atoms with E-state index < -0.39 is 56.5 Å². The van der Waals surface area contributed by atoms with Crippen LogP contribution in [0.1, 0.15) is 38.5 Å². The molecule has 2 aromatic carbocycles. The lowest BCUT2D eigenvalue weighted by Gasteiger charge is -2.53. The van der Waals surface area contributed by atoms with Crippen LogP contribution in [0.15, 0.2) is 52.4 Å². The van der Waals surface area contributed by atoms with Gasteiger partial charge in [-0.3, -0.25) is 9.59 Å². The lowest BCUT2D eigenvalue weighted by molar-refractivity contribution is -0.156. The molecule has 4 rings (SSSR count). The van der Waals surface area contributed by atoms with Crippen LogP contribution < -0.4 is 20.9 Å². The maximum atomic E-state index is 13.3. The van der Waals surface area contributed by atoms with Gasteiger partial charge in [0.1, 0.15) is 11.4 Å². The Labute approximate surface area is 262 Å². The fourth-order valence-corrected chi connectivity index (χ4v) is 7.65. The third-order valence-corrected chi connectivity index (χ3v) is 10.4. The van der Waals surface area contributed by atoms with E-state index in [-0.39, 0.29) is 48.6 Å². The molecule has 7 N–H and O–H groups in total. The van der Waals surface area contributed by atoms with Crippen molar-refractivity contribution in [1.82, 2.24) is 19.5 Å². The lowest BCUT2D eigenvalue weighted by Crippen LogP contribution is -2.72. The number of nitrogens with zero attached hydrogens (tertiary/aromatic N) is 3. The Morgan fingerprint density at radius 3 is 2.33 bits per heavy atom. The van der Waals surface area contributed by atoms with E-state index in [0.29, 0.717) is 17.9 Å². The number of amides is 3. The molecule has 3 amide bonds. The molecule has 0 aromatic heterocycles. The Bertz CT molecular complexity index is 1700. The predicted molar refractivity (Wildman–Crippen MR) is 167 cm³/mol. The summed E-state index contributed by atoms with van der Waals surface area (Å²) in [4.78, 5) is 42.8. The van der Waals surface area contributed by atoms with Gasteiger partial charge in [0.05, 0.1) is 17.7 Å². The van der Waals surface area contributed by atoms with Gasteiger partial charge in [-0.15, -0.1) is 0 Å². The zero-order chi connectivity index (χ0) is 33.0. The maximum Gasteiger partial charge on any atom is 0.427 e.